The lowest BCUT2D eigenvalue weighted by Gasteiger charge is -2.10. The Morgan fingerprint density at radius 1 is 1.36 bits per heavy atom. The smallest absolute Gasteiger partial charge is 0.364 e. The zero-order valence-corrected chi connectivity index (χ0v) is 8.41. The normalized spacial score (nSPS) is 11.4. The van der Waals surface area contributed by atoms with E-state index in [0.717, 1.165) is 0 Å². The molecule has 0 atom stereocenters. The number of thioether (sulfide) groups is 1. The predicted octanol–water partition coefficient (Wildman–Crippen LogP) is 2.51. The summed E-state index contributed by atoms with van der Waals surface area (Å²) in [5.41, 5.74) is 4.51. The van der Waals surface area contributed by atoms with Gasteiger partial charge < -0.3 is 5.73 Å². The Balaban J connectivity index is 2.79. The third kappa shape index (κ3) is 2.85. The second kappa shape index (κ2) is 4.14. The number of alkyl halides is 2. The number of primary amides is 1. The summed E-state index contributed by atoms with van der Waals surface area (Å²) in [5.74, 6) is -1.66. The highest BCUT2D eigenvalue weighted by atomic mass is 35.5. The molecule has 0 bridgehead atoms. The number of benzene rings is 1. The number of amides is 1. The number of carbonyl (C=O) groups is 1. The van der Waals surface area contributed by atoms with Gasteiger partial charge in [-0.1, -0.05) is 11.6 Å². The standard InChI is InChI=1S/C8H6ClF2NOS/c9-5-1-3-6(4-2-5)14-8(10,11)7(12)13/h1-4H,(H2,12,13). The number of hydrogen-bond donors (Lipinski definition) is 1. The van der Waals surface area contributed by atoms with E-state index < -0.39 is 11.2 Å². The van der Waals surface area contributed by atoms with Gasteiger partial charge in [-0.3, -0.25) is 4.79 Å². The van der Waals surface area contributed by atoms with Crippen LogP contribution in [0.3, 0.4) is 0 Å². The van der Waals surface area contributed by atoms with Crippen LogP contribution in [0.25, 0.3) is 0 Å². The fourth-order valence-electron chi connectivity index (χ4n) is 0.701. The van der Waals surface area contributed by atoms with E-state index in [1.165, 1.54) is 24.3 Å². The second-order valence-corrected chi connectivity index (χ2v) is 4.06. The zero-order chi connectivity index (χ0) is 10.8. The van der Waals surface area contributed by atoms with Gasteiger partial charge in [-0.05, 0) is 36.0 Å². The molecular weight excluding hydrogens is 232 g/mol. The van der Waals surface area contributed by atoms with Crippen LogP contribution in [0.4, 0.5) is 8.78 Å². The maximum atomic E-state index is 12.8. The Labute approximate surface area is 88.4 Å². The lowest BCUT2D eigenvalue weighted by Crippen LogP contribution is -2.31. The summed E-state index contributed by atoms with van der Waals surface area (Å²) in [6, 6.07) is 5.70. The van der Waals surface area contributed by atoms with Crippen LogP contribution in [0, 0.1) is 0 Å². The Bertz CT molecular complexity index is 342. The molecule has 0 radical (unpaired) electrons. The Morgan fingerprint density at radius 2 is 1.86 bits per heavy atom. The molecule has 1 aromatic carbocycles. The largest absolute Gasteiger partial charge is 0.374 e. The molecule has 76 valence electrons. The summed E-state index contributed by atoms with van der Waals surface area (Å²) in [6.07, 6.45) is 0. The van der Waals surface area contributed by atoms with Crippen molar-refractivity contribution in [3.8, 4) is 0 Å². The maximum absolute atomic E-state index is 12.8. The van der Waals surface area contributed by atoms with Crippen LogP contribution in [0.1, 0.15) is 0 Å². The first-order valence-corrected chi connectivity index (χ1v) is 4.73. The molecule has 6 heteroatoms. The van der Waals surface area contributed by atoms with Crippen LogP contribution in [0.5, 0.6) is 0 Å². The van der Waals surface area contributed by atoms with E-state index in [0.29, 0.717) is 5.02 Å². The highest BCUT2D eigenvalue weighted by Crippen LogP contribution is 2.35. The van der Waals surface area contributed by atoms with E-state index in [9.17, 15) is 13.6 Å². The van der Waals surface area contributed by atoms with Crippen molar-refractivity contribution < 1.29 is 13.6 Å². The number of halogens is 3. The first kappa shape index (κ1) is 11.3. The third-order valence-corrected chi connectivity index (χ3v) is 2.56. The quantitative estimate of drug-likeness (QED) is 0.821. The summed E-state index contributed by atoms with van der Waals surface area (Å²) in [4.78, 5) is 10.6. The SMILES string of the molecule is NC(=O)C(F)(F)Sc1ccc(Cl)cc1. The minimum atomic E-state index is -3.59. The highest BCUT2D eigenvalue weighted by molar-refractivity contribution is 8.01. The molecular formula is C8H6ClF2NOS. The topological polar surface area (TPSA) is 43.1 Å². The molecule has 0 spiro atoms. The van der Waals surface area contributed by atoms with Crippen LogP contribution in [-0.4, -0.2) is 11.2 Å². The van der Waals surface area contributed by atoms with Gasteiger partial charge in [0, 0.05) is 9.92 Å². The summed E-state index contributed by atoms with van der Waals surface area (Å²) in [5, 5.41) is -3.15. The van der Waals surface area contributed by atoms with Crippen LogP contribution >= 0.6 is 23.4 Å². The van der Waals surface area contributed by atoms with Gasteiger partial charge in [-0.2, -0.15) is 8.78 Å². The van der Waals surface area contributed by atoms with Crippen LogP contribution in [0.2, 0.25) is 5.02 Å². The van der Waals surface area contributed by atoms with Gasteiger partial charge in [0.15, 0.2) is 0 Å². The number of hydrogen-bond acceptors (Lipinski definition) is 2. The van der Waals surface area contributed by atoms with Gasteiger partial charge in [-0.15, -0.1) is 0 Å². The molecule has 2 N–H and O–H groups in total. The molecule has 0 saturated heterocycles. The molecule has 0 aliphatic heterocycles. The minimum absolute atomic E-state index is 0.0962. The van der Waals surface area contributed by atoms with E-state index in [4.69, 9.17) is 11.6 Å². The molecule has 0 unspecified atom stereocenters. The van der Waals surface area contributed by atoms with Gasteiger partial charge >= 0.3 is 5.25 Å². The molecule has 0 aromatic heterocycles. The van der Waals surface area contributed by atoms with Crippen molar-refractivity contribution >= 4 is 29.3 Å². The summed E-state index contributed by atoms with van der Waals surface area (Å²) in [6.45, 7) is 0. The van der Waals surface area contributed by atoms with Crippen molar-refractivity contribution in [2.24, 2.45) is 5.73 Å². The van der Waals surface area contributed by atoms with E-state index in [1.807, 2.05) is 0 Å². The Kier molecular flexibility index (Phi) is 3.34. The molecule has 14 heavy (non-hydrogen) atoms. The van der Waals surface area contributed by atoms with Crippen LogP contribution in [0.15, 0.2) is 29.2 Å². The van der Waals surface area contributed by atoms with Crippen LogP contribution in [-0.2, 0) is 4.79 Å². The molecule has 1 aromatic rings. The van der Waals surface area contributed by atoms with Gasteiger partial charge in [0.05, 0.1) is 0 Å². The first-order chi connectivity index (χ1) is 6.42. The van der Waals surface area contributed by atoms with Gasteiger partial charge in [0.25, 0.3) is 5.91 Å². The molecule has 0 saturated carbocycles. The summed E-state index contributed by atoms with van der Waals surface area (Å²) >= 11 is 5.65. The summed E-state index contributed by atoms with van der Waals surface area (Å²) in [7, 11) is 0. The molecule has 0 heterocycles. The second-order valence-electron chi connectivity index (χ2n) is 2.44. The molecule has 2 nitrogen and oxygen atoms in total. The van der Waals surface area contributed by atoms with E-state index in [-0.39, 0.29) is 16.7 Å². The Morgan fingerprint density at radius 3 is 2.29 bits per heavy atom. The number of rotatable bonds is 3. The predicted molar refractivity (Wildman–Crippen MR) is 51.5 cm³/mol. The van der Waals surface area contributed by atoms with Crippen molar-refractivity contribution in [2.45, 2.75) is 10.2 Å². The first-order valence-electron chi connectivity index (χ1n) is 3.54. The van der Waals surface area contributed by atoms with E-state index >= 15 is 0 Å². The van der Waals surface area contributed by atoms with E-state index in [1.54, 1.807) is 0 Å². The fraction of sp³-hybridized carbons (Fsp3) is 0.125. The monoisotopic (exact) mass is 237 g/mol. The molecule has 1 rings (SSSR count). The van der Waals surface area contributed by atoms with Crippen molar-refractivity contribution in [2.75, 3.05) is 0 Å². The average Bonchev–Trinajstić information content (AvgIpc) is 2.08. The van der Waals surface area contributed by atoms with Crippen molar-refractivity contribution in [3.63, 3.8) is 0 Å². The molecule has 0 fully saturated rings. The fourth-order valence-corrected chi connectivity index (χ4v) is 1.50. The number of nitrogens with two attached hydrogens (primary N) is 1. The minimum Gasteiger partial charge on any atom is -0.364 e. The maximum Gasteiger partial charge on any atom is 0.374 e. The van der Waals surface area contributed by atoms with Gasteiger partial charge in [0.1, 0.15) is 0 Å². The molecule has 0 aliphatic rings. The van der Waals surface area contributed by atoms with Gasteiger partial charge in [-0.25, -0.2) is 0 Å². The average molecular weight is 238 g/mol. The Hall–Kier alpha value is -0.810. The van der Waals surface area contributed by atoms with E-state index in [2.05, 4.69) is 5.73 Å². The summed E-state index contributed by atoms with van der Waals surface area (Å²) < 4.78 is 25.6. The number of carbonyl (C=O) groups excluding carboxylic acids is 1. The van der Waals surface area contributed by atoms with Crippen molar-refractivity contribution in [1.82, 2.24) is 0 Å². The zero-order valence-electron chi connectivity index (χ0n) is 6.84. The van der Waals surface area contributed by atoms with Crippen molar-refractivity contribution in [3.05, 3.63) is 29.3 Å². The van der Waals surface area contributed by atoms with Gasteiger partial charge in [0.2, 0.25) is 0 Å². The lowest BCUT2D eigenvalue weighted by atomic mass is 10.4. The highest BCUT2D eigenvalue weighted by Gasteiger charge is 2.37. The van der Waals surface area contributed by atoms with Crippen molar-refractivity contribution in [1.29, 1.82) is 0 Å². The third-order valence-electron chi connectivity index (χ3n) is 1.35. The molecule has 0 aliphatic carbocycles. The lowest BCUT2D eigenvalue weighted by molar-refractivity contribution is -0.131. The molecule has 1 amide bonds. The van der Waals surface area contributed by atoms with Crippen LogP contribution < -0.4 is 5.73 Å².